The monoisotopic (exact) mass is 815 g/mol. The van der Waals surface area contributed by atoms with Gasteiger partial charge in [0.15, 0.2) is 6.29 Å². The van der Waals surface area contributed by atoms with Gasteiger partial charge in [0.2, 0.25) is 0 Å². The Hall–Kier alpha value is -0.700. The molecule has 7 heteroatoms. The molecule has 0 saturated heterocycles. The Kier molecular flexibility index (Phi) is 56.7. The first-order valence-corrected chi connectivity index (χ1v) is 24.8. The zero-order valence-corrected chi connectivity index (χ0v) is 39.0. The van der Waals surface area contributed by atoms with E-state index in [0.29, 0.717) is 13.2 Å². The topological polar surface area (TPSA) is 63.6 Å². The summed E-state index contributed by atoms with van der Waals surface area (Å²) in [6.45, 7) is 21.5. The van der Waals surface area contributed by atoms with Crippen LogP contribution in [0.1, 0.15) is 254 Å². The van der Waals surface area contributed by atoms with E-state index in [4.69, 9.17) is 19.1 Å². The lowest BCUT2D eigenvalue weighted by Crippen LogP contribution is -2.36. The molecule has 1 atom stereocenters. The Labute approximate surface area is 359 Å². The number of aliphatic hydroxyl groups excluding tert-OH is 1. The van der Waals surface area contributed by atoms with Gasteiger partial charge < -0.3 is 19.5 Å². The molecular weight excluding hydrogens is 709 g/mol. The Morgan fingerprint density at radius 2 is 0.895 bits per heavy atom. The van der Waals surface area contributed by atoms with Gasteiger partial charge in [-0.05, 0) is 64.5 Å². The van der Waals surface area contributed by atoms with Crippen LogP contribution in [0, 0.1) is 0 Å². The highest BCUT2D eigenvalue weighted by atomic mass is 16.9. The summed E-state index contributed by atoms with van der Waals surface area (Å²) >= 11 is 0. The summed E-state index contributed by atoms with van der Waals surface area (Å²) < 4.78 is 11.5. The van der Waals surface area contributed by atoms with Crippen molar-refractivity contribution in [2.75, 3.05) is 53.1 Å². The van der Waals surface area contributed by atoms with Crippen LogP contribution >= 0.6 is 0 Å². The maximum absolute atomic E-state index is 10.2. The summed E-state index contributed by atoms with van der Waals surface area (Å²) in [5, 5.41) is 11.8. The summed E-state index contributed by atoms with van der Waals surface area (Å²) in [5.41, 5.74) is 0. The Morgan fingerprint density at radius 3 is 1.39 bits per heavy atom. The molecule has 0 aliphatic heterocycles. The Bertz CT molecular complexity index is 721. The molecule has 1 unspecified atom stereocenters. The van der Waals surface area contributed by atoms with Crippen LogP contribution in [-0.4, -0.2) is 74.6 Å². The van der Waals surface area contributed by atoms with Crippen LogP contribution in [0.25, 0.3) is 0 Å². The quantitative estimate of drug-likeness (QED) is 0.0284. The lowest BCUT2D eigenvalue weighted by atomic mass is 10.1. The van der Waals surface area contributed by atoms with E-state index >= 15 is 0 Å². The maximum atomic E-state index is 10.2. The minimum atomic E-state index is -0.604. The summed E-state index contributed by atoms with van der Waals surface area (Å²) in [5.74, 6) is 0.965. The highest BCUT2D eigenvalue weighted by Crippen LogP contribution is 2.14. The zero-order valence-electron chi connectivity index (χ0n) is 39.0. The predicted octanol–water partition coefficient (Wildman–Crippen LogP) is 15.5. The predicted molar refractivity (Wildman–Crippen MR) is 251 cm³/mol. The third-order valence-corrected chi connectivity index (χ3v) is 10.7. The Morgan fingerprint density at radius 1 is 0.474 bits per heavy atom. The molecule has 0 aromatic heterocycles. The average Bonchev–Trinajstić information content (AvgIpc) is 3.20. The highest BCUT2D eigenvalue weighted by Gasteiger charge is 2.11. The molecule has 0 amide bonds. The van der Waals surface area contributed by atoms with Gasteiger partial charge >= 0.3 is 0 Å². The van der Waals surface area contributed by atoms with Crippen LogP contribution in [0.15, 0.2) is 12.3 Å². The molecule has 0 aliphatic rings. The van der Waals surface area contributed by atoms with Gasteiger partial charge in [0.25, 0.3) is 0 Å². The molecule has 0 rings (SSSR count). The number of rotatable bonds is 46. The summed E-state index contributed by atoms with van der Waals surface area (Å²) in [6.07, 6.45) is 40.7. The SMILES string of the molecule is C.C=C(CCCCCCN(CCCCCCC(O)OCCCCCCCCC)CCN(OC)OCCCC)OCCCCCCCCC.CCCCCCCCC. The number of unbranched alkanes of at least 4 members (excludes halogenated alkanes) is 25. The molecule has 1 N–H and O–H groups in total. The minimum absolute atomic E-state index is 0. The molecule has 57 heavy (non-hydrogen) atoms. The van der Waals surface area contributed by atoms with Crippen molar-refractivity contribution >= 4 is 0 Å². The molecule has 0 spiro atoms. The van der Waals surface area contributed by atoms with E-state index < -0.39 is 6.29 Å². The second kappa shape index (κ2) is 53.3. The number of nitrogens with zero attached hydrogens (tertiary/aromatic N) is 2. The lowest BCUT2D eigenvalue weighted by Gasteiger charge is -2.26. The van der Waals surface area contributed by atoms with Crippen molar-refractivity contribution in [1.29, 1.82) is 0 Å². The third kappa shape index (κ3) is 51.4. The summed E-state index contributed by atoms with van der Waals surface area (Å²) in [4.78, 5) is 13.8. The molecule has 346 valence electrons. The first kappa shape index (κ1) is 60.6. The van der Waals surface area contributed by atoms with E-state index in [-0.39, 0.29) is 7.43 Å². The Balaban J connectivity index is -0.00000257. The number of aliphatic hydroxyl groups is 1. The average molecular weight is 815 g/mol. The molecular formula is C50H106N2O5. The molecule has 0 saturated carbocycles. The van der Waals surface area contributed by atoms with Crippen molar-refractivity contribution in [3.05, 3.63) is 12.3 Å². The second-order valence-corrected chi connectivity index (χ2v) is 16.4. The van der Waals surface area contributed by atoms with Gasteiger partial charge in [-0.2, -0.15) is 0 Å². The minimum Gasteiger partial charge on any atom is -0.499 e. The van der Waals surface area contributed by atoms with Crippen LogP contribution < -0.4 is 0 Å². The highest BCUT2D eigenvalue weighted by molar-refractivity contribution is 4.81. The molecule has 0 fully saturated rings. The number of hydroxylamine groups is 2. The van der Waals surface area contributed by atoms with E-state index in [1.165, 1.54) is 154 Å². The molecule has 0 heterocycles. The van der Waals surface area contributed by atoms with E-state index in [1.54, 1.807) is 12.3 Å². The van der Waals surface area contributed by atoms with E-state index in [0.717, 1.165) is 96.3 Å². The maximum Gasteiger partial charge on any atom is 0.154 e. The van der Waals surface area contributed by atoms with Crippen molar-refractivity contribution in [2.24, 2.45) is 0 Å². The molecule has 0 aliphatic carbocycles. The van der Waals surface area contributed by atoms with Crippen molar-refractivity contribution in [3.8, 4) is 0 Å². The van der Waals surface area contributed by atoms with Gasteiger partial charge in [0.05, 0.1) is 32.6 Å². The second-order valence-electron chi connectivity index (χ2n) is 16.4. The van der Waals surface area contributed by atoms with Crippen LogP contribution in [0.3, 0.4) is 0 Å². The van der Waals surface area contributed by atoms with Crippen molar-refractivity contribution in [1.82, 2.24) is 10.1 Å². The zero-order chi connectivity index (χ0) is 41.4. The number of allylic oxidation sites excluding steroid dienone is 1. The number of hydrogen-bond acceptors (Lipinski definition) is 7. The summed E-state index contributed by atoms with van der Waals surface area (Å²) in [7, 11) is 1.69. The van der Waals surface area contributed by atoms with Crippen LogP contribution in [0.5, 0.6) is 0 Å². The number of hydrogen-bond donors (Lipinski definition) is 1. The standard InChI is InChI=1S/C40H82N2O5.C9H20.CH4/c1-6-9-12-14-16-22-28-36-45-39(4)30-24-18-20-26-32-41(34-35-42(44-5)47-38-11-8-3)33-27-21-19-25-31-40(43)46-37-29-23-17-15-13-10-7-2;1-3-5-7-9-8-6-4-2;/h40,43H,4,6-38H2,1-3,5H3;3-9H2,1-2H3;1H4. The van der Waals surface area contributed by atoms with Crippen LogP contribution in [-0.2, 0) is 19.1 Å². The van der Waals surface area contributed by atoms with Crippen molar-refractivity contribution in [2.45, 2.75) is 260 Å². The first-order chi connectivity index (χ1) is 27.5. The first-order valence-electron chi connectivity index (χ1n) is 24.8. The molecule has 0 aromatic rings. The summed E-state index contributed by atoms with van der Waals surface area (Å²) in [6, 6.07) is 0. The largest absolute Gasteiger partial charge is 0.499 e. The van der Waals surface area contributed by atoms with Crippen LogP contribution in [0.2, 0.25) is 0 Å². The molecule has 0 aromatic carbocycles. The van der Waals surface area contributed by atoms with Crippen molar-refractivity contribution < 1.29 is 24.3 Å². The molecule has 0 radical (unpaired) electrons. The third-order valence-electron chi connectivity index (χ3n) is 10.7. The van der Waals surface area contributed by atoms with E-state index in [1.807, 2.05) is 0 Å². The lowest BCUT2D eigenvalue weighted by molar-refractivity contribution is -0.356. The van der Waals surface area contributed by atoms with Gasteiger partial charge in [-0.15, -0.1) is 0 Å². The fourth-order valence-corrected chi connectivity index (χ4v) is 6.84. The van der Waals surface area contributed by atoms with Gasteiger partial charge in [0, 0.05) is 19.6 Å². The number of ether oxygens (including phenoxy) is 2. The van der Waals surface area contributed by atoms with Crippen molar-refractivity contribution in [3.63, 3.8) is 0 Å². The van der Waals surface area contributed by atoms with Gasteiger partial charge in [0.1, 0.15) is 0 Å². The van der Waals surface area contributed by atoms with E-state index in [9.17, 15) is 5.11 Å². The van der Waals surface area contributed by atoms with Gasteiger partial charge in [-0.3, -0.25) is 9.68 Å². The molecule has 0 bridgehead atoms. The fraction of sp³-hybridized carbons (Fsp3) is 0.960. The molecule has 7 nitrogen and oxygen atoms in total. The van der Waals surface area contributed by atoms with Gasteiger partial charge in [-0.1, -0.05) is 208 Å². The fourth-order valence-electron chi connectivity index (χ4n) is 6.84. The van der Waals surface area contributed by atoms with Gasteiger partial charge in [-0.25, -0.2) is 0 Å². The smallest absolute Gasteiger partial charge is 0.154 e. The van der Waals surface area contributed by atoms with Crippen LogP contribution in [0.4, 0.5) is 0 Å². The normalized spacial score (nSPS) is 11.8. The van der Waals surface area contributed by atoms with E-state index in [2.05, 4.69) is 46.1 Å².